The lowest BCUT2D eigenvalue weighted by atomic mass is 9.80. The van der Waals surface area contributed by atoms with Crippen LogP contribution < -0.4 is 5.32 Å². The lowest BCUT2D eigenvalue weighted by Gasteiger charge is -2.41. The molecule has 3 heteroatoms. The number of likely N-dealkylation sites (tertiary alicyclic amines) is 1. The largest absolute Gasteiger partial charge is 0.381 e. The van der Waals surface area contributed by atoms with Crippen LogP contribution in [0.25, 0.3) is 0 Å². The molecule has 3 nitrogen and oxygen atoms in total. The van der Waals surface area contributed by atoms with Crippen LogP contribution in [0.4, 0.5) is 0 Å². The summed E-state index contributed by atoms with van der Waals surface area (Å²) in [5.41, 5.74) is 0.905. The summed E-state index contributed by atoms with van der Waals surface area (Å²) >= 11 is 0. The van der Waals surface area contributed by atoms with Crippen molar-refractivity contribution < 1.29 is 4.74 Å². The third-order valence-corrected chi connectivity index (χ3v) is 5.01. The van der Waals surface area contributed by atoms with Crippen molar-refractivity contribution in [1.29, 1.82) is 0 Å². The van der Waals surface area contributed by atoms with Gasteiger partial charge in [-0.25, -0.2) is 0 Å². The molecule has 2 fully saturated rings. The summed E-state index contributed by atoms with van der Waals surface area (Å²) in [5, 5.41) is 3.67. The molecule has 0 aromatic heterocycles. The van der Waals surface area contributed by atoms with Crippen LogP contribution in [0.5, 0.6) is 0 Å². The smallest absolute Gasteiger partial charge is 0.0547 e. The van der Waals surface area contributed by atoms with Gasteiger partial charge in [-0.15, -0.1) is 0 Å². The van der Waals surface area contributed by atoms with Crippen molar-refractivity contribution in [2.75, 3.05) is 45.9 Å². The van der Waals surface area contributed by atoms with Crippen molar-refractivity contribution in [2.24, 2.45) is 16.7 Å². The van der Waals surface area contributed by atoms with Crippen molar-refractivity contribution in [3.63, 3.8) is 0 Å². The highest BCUT2D eigenvalue weighted by Crippen LogP contribution is 2.34. The Morgan fingerprint density at radius 1 is 1.15 bits per heavy atom. The van der Waals surface area contributed by atoms with E-state index in [1.165, 1.54) is 38.9 Å². The van der Waals surface area contributed by atoms with E-state index in [1.807, 2.05) is 0 Å². The Morgan fingerprint density at radius 2 is 1.85 bits per heavy atom. The van der Waals surface area contributed by atoms with Gasteiger partial charge in [-0.2, -0.15) is 0 Å². The molecule has 2 rings (SSSR count). The zero-order valence-corrected chi connectivity index (χ0v) is 14.0. The quantitative estimate of drug-likeness (QED) is 0.811. The van der Waals surface area contributed by atoms with Gasteiger partial charge in [0.1, 0.15) is 0 Å². The number of nitrogens with one attached hydrogen (secondary N) is 1. The van der Waals surface area contributed by atoms with Crippen LogP contribution in [0.2, 0.25) is 0 Å². The molecule has 2 aliphatic rings. The summed E-state index contributed by atoms with van der Waals surface area (Å²) in [6.07, 6.45) is 3.89. The van der Waals surface area contributed by atoms with E-state index in [9.17, 15) is 0 Å². The maximum atomic E-state index is 5.73. The molecule has 0 aliphatic carbocycles. The molecule has 0 amide bonds. The van der Waals surface area contributed by atoms with E-state index in [2.05, 4.69) is 37.9 Å². The van der Waals surface area contributed by atoms with Crippen LogP contribution in [0.15, 0.2) is 0 Å². The molecule has 1 N–H and O–H groups in total. The number of hydrogen-bond acceptors (Lipinski definition) is 3. The Hall–Kier alpha value is -0.120. The molecule has 0 spiro atoms. The lowest BCUT2D eigenvalue weighted by molar-refractivity contribution is 0.0688. The summed E-state index contributed by atoms with van der Waals surface area (Å²) in [7, 11) is 0. The predicted molar refractivity (Wildman–Crippen MR) is 85.0 cm³/mol. The topological polar surface area (TPSA) is 24.5 Å². The van der Waals surface area contributed by atoms with Crippen LogP contribution in [-0.4, -0.2) is 50.8 Å². The van der Waals surface area contributed by atoms with Gasteiger partial charge < -0.3 is 15.0 Å². The van der Waals surface area contributed by atoms with Crippen LogP contribution in [0.1, 0.15) is 47.0 Å². The molecule has 2 saturated heterocycles. The summed E-state index contributed by atoms with van der Waals surface area (Å²) in [4.78, 5) is 2.68. The van der Waals surface area contributed by atoms with Crippen molar-refractivity contribution in [3.8, 4) is 0 Å². The van der Waals surface area contributed by atoms with Gasteiger partial charge in [0.2, 0.25) is 0 Å². The molecule has 118 valence electrons. The molecule has 2 heterocycles. The molecule has 2 aliphatic heterocycles. The summed E-state index contributed by atoms with van der Waals surface area (Å²) < 4.78 is 5.73. The fraction of sp³-hybridized carbons (Fsp3) is 1.00. The Kier molecular flexibility index (Phi) is 5.49. The van der Waals surface area contributed by atoms with Crippen LogP contribution in [-0.2, 0) is 4.74 Å². The standard InChI is InChI=1S/C17H34N2O/c1-15(2)11-18-12-17(7-10-20-14-17)13-19-8-5-16(3,4)6-9-19/h15,18H,5-14H2,1-4H3. The van der Waals surface area contributed by atoms with Crippen LogP contribution >= 0.6 is 0 Å². The number of hydrogen-bond donors (Lipinski definition) is 1. The van der Waals surface area contributed by atoms with E-state index in [-0.39, 0.29) is 0 Å². The summed E-state index contributed by atoms with van der Waals surface area (Å²) in [6.45, 7) is 17.2. The zero-order chi connectivity index (χ0) is 14.6. The van der Waals surface area contributed by atoms with E-state index < -0.39 is 0 Å². The highest BCUT2D eigenvalue weighted by molar-refractivity contribution is 4.90. The Bertz CT molecular complexity index is 285. The second-order valence-electron chi connectivity index (χ2n) is 8.27. The fourth-order valence-electron chi connectivity index (χ4n) is 3.39. The minimum atomic E-state index is 0.358. The van der Waals surface area contributed by atoms with E-state index >= 15 is 0 Å². The second kappa shape index (κ2) is 6.76. The zero-order valence-electron chi connectivity index (χ0n) is 14.0. The fourth-order valence-corrected chi connectivity index (χ4v) is 3.39. The van der Waals surface area contributed by atoms with Gasteiger partial charge in [0.15, 0.2) is 0 Å². The van der Waals surface area contributed by atoms with E-state index in [0.717, 1.165) is 32.2 Å². The molecule has 1 atom stereocenters. The molecular weight excluding hydrogens is 248 g/mol. The predicted octanol–water partition coefficient (Wildman–Crippen LogP) is 2.76. The number of rotatable bonds is 6. The highest BCUT2D eigenvalue weighted by atomic mass is 16.5. The maximum Gasteiger partial charge on any atom is 0.0547 e. The SMILES string of the molecule is CC(C)CNCC1(CN2CCC(C)(C)CC2)CCOC1. The van der Waals surface area contributed by atoms with Gasteiger partial charge in [-0.1, -0.05) is 27.7 Å². The van der Waals surface area contributed by atoms with Gasteiger partial charge in [0.25, 0.3) is 0 Å². The second-order valence-corrected chi connectivity index (χ2v) is 8.27. The third kappa shape index (κ3) is 4.71. The van der Waals surface area contributed by atoms with Gasteiger partial charge in [-0.05, 0) is 50.2 Å². The maximum absolute atomic E-state index is 5.73. The van der Waals surface area contributed by atoms with E-state index in [0.29, 0.717) is 10.8 Å². The Morgan fingerprint density at radius 3 is 2.40 bits per heavy atom. The molecule has 20 heavy (non-hydrogen) atoms. The first-order valence-corrected chi connectivity index (χ1v) is 8.42. The van der Waals surface area contributed by atoms with Gasteiger partial charge in [0, 0.05) is 25.1 Å². The van der Waals surface area contributed by atoms with E-state index in [1.54, 1.807) is 0 Å². The monoisotopic (exact) mass is 282 g/mol. The molecule has 0 saturated carbocycles. The highest BCUT2D eigenvalue weighted by Gasteiger charge is 2.37. The van der Waals surface area contributed by atoms with Gasteiger partial charge in [-0.3, -0.25) is 0 Å². The first-order chi connectivity index (χ1) is 9.41. The molecule has 0 bridgehead atoms. The van der Waals surface area contributed by atoms with Gasteiger partial charge in [0.05, 0.1) is 6.61 Å². The molecule has 0 aromatic rings. The molecule has 0 aromatic carbocycles. The molecule has 0 radical (unpaired) electrons. The normalized spacial score (nSPS) is 31.1. The number of ether oxygens (including phenoxy) is 1. The Balaban J connectivity index is 1.83. The summed E-state index contributed by atoms with van der Waals surface area (Å²) in [6, 6.07) is 0. The van der Waals surface area contributed by atoms with Crippen molar-refractivity contribution in [1.82, 2.24) is 10.2 Å². The van der Waals surface area contributed by atoms with Crippen LogP contribution in [0.3, 0.4) is 0 Å². The van der Waals surface area contributed by atoms with Crippen molar-refractivity contribution in [3.05, 3.63) is 0 Å². The number of nitrogens with zero attached hydrogens (tertiary/aromatic N) is 1. The Labute approximate surface area is 125 Å². The summed E-state index contributed by atoms with van der Waals surface area (Å²) in [5.74, 6) is 0.727. The third-order valence-electron chi connectivity index (χ3n) is 5.01. The molecule has 1 unspecified atom stereocenters. The first kappa shape index (κ1) is 16.3. The van der Waals surface area contributed by atoms with Crippen LogP contribution in [0, 0.1) is 16.7 Å². The number of piperidine rings is 1. The lowest BCUT2D eigenvalue weighted by Crippen LogP contribution is -2.48. The van der Waals surface area contributed by atoms with Crippen molar-refractivity contribution in [2.45, 2.75) is 47.0 Å². The average molecular weight is 282 g/mol. The van der Waals surface area contributed by atoms with Gasteiger partial charge >= 0.3 is 0 Å². The van der Waals surface area contributed by atoms with Crippen molar-refractivity contribution >= 4 is 0 Å². The molecular formula is C17H34N2O. The van der Waals surface area contributed by atoms with E-state index in [4.69, 9.17) is 4.74 Å². The minimum absolute atomic E-state index is 0.358. The average Bonchev–Trinajstić information content (AvgIpc) is 2.80. The first-order valence-electron chi connectivity index (χ1n) is 8.42. The minimum Gasteiger partial charge on any atom is -0.381 e.